The predicted octanol–water partition coefficient (Wildman–Crippen LogP) is -1.17. The number of halogens is 1. The summed E-state index contributed by atoms with van der Waals surface area (Å²) in [7, 11) is 0. The van der Waals surface area contributed by atoms with Gasteiger partial charge in [-0.1, -0.05) is 0 Å². The van der Waals surface area contributed by atoms with Crippen LogP contribution in [0.1, 0.15) is 9.49 Å². The quantitative estimate of drug-likeness (QED) is 0.422. The molecule has 1 heteroatoms. The monoisotopic (exact) mass is 231 g/mol. The molecule has 1 atom stereocenters. The van der Waals surface area contributed by atoms with Gasteiger partial charge in [-0.15, -0.1) is 0 Å². The van der Waals surface area contributed by atoms with E-state index >= 15 is 0 Å². The van der Waals surface area contributed by atoms with E-state index in [4.69, 9.17) is 0 Å². The zero-order valence-corrected chi connectivity index (χ0v) is 7.21. The van der Waals surface area contributed by atoms with Crippen LogP contribution in [0.4, 0.5) is 0 Å². The van der Waals surface area contributed by atoms with Gasteiger partial charge < -0.3 is 0 Å². The van der Waals surface area contributed by atoms with E-state index in [0.29, 0.717) is 21.2 Å². The van der Waals surface area contributed by atoms with Gasteiger partial charge in [0.1, 0.15) is 0 Å². The van der Waals surface area contributed by atoms with Gasteiger partial charge in [0.2, 0.25) is 0 Å². The van der Waals surface area contributed by atoms with E-state index in [-0.39, 0.29) is 0 Å². The van der Waals surface area contributed by atoms with Crippen LogP contribution in [0.15, 0.2) is 30.3 Å². The summed E-state index contributed by atoms with van der Waals surface area (Å²) < 4.78 is 2.54. The molecule has 0 nitrogen and oxygen atoms in total. The number of hydrogen-bond acceptors (Lipinski definition) is 0. The van der Waals surface area contributed by atoms with Gasteiger partial charge in [0.15, 0.2) is 0 Å². The van der Waals surface area contributed by atoms with E-state index in [1.807, 2.05) is 0 Å². The molecule has 9 heavy (non-hydrogen) atoms. The molecule has 1 fully saturated rings. The van der Waals surface area contributed by atoms with Crippen molar-refractivity contribution in [1.82, 2.24) is 0 Å². The van der Waals surface area contributed by atoms with Gasteiger partial charge in [-0.05, 0) is 0 Å². The van der Waals surface area contributed by atoms with Crippen molar-refractivity contribution in [1.29, 1.82) is 0 Å². The summed E-state index contributed by atoms with van der Waals surface area (Å²) in [6.07, 6.45) is 0. The first-order chi connectivity index (χ1) is 4.47. The maximum absolute atomic E-state index is 2.25. The molecular formula is C8H8I-. The number of alkyl halides is 2. The van der Waals surface area contributed by atoms with E-state index < -0.39 is 0 Å². The molecule has 1 saturated heterocycles. The van der Waals surface area contributed by atoms with E-state index in [1.165, 1.54) is 4.43 Å². The molecule has 1 aliphatic heterocycles. The molecule has 0 aromatic heterocycles. The SMILES string of the molecule is c1ccc(C2C[I-]2)cc1. The Balaban J connectivity index is 2.29. The van der Waals surface area contributed by atoms with Crippen LogP contribution in [-0.2, 0) is 0 Å². The van der Waals surface area contributed by atoms with Crippen LogP contribution >= 0.6 is 0 Å². The number of rotatable bonds is 1. The van der Waals surface area contributed by atoms with Crippen LogP contribution < -0.4 is 21.2 Å². The van der Waals surface area contributed by atoms with Gasteiger partial charge in [0.25, 0.3) is 0 Å². The second-order valence-electron chi connectivity index (χ2n) is 2.19. The summed E-state index contributed by atoms with van der Waals surface area (Å²) in [5.74, 6) is 0. The first kappa shape index (κ1) is 5.71. The molecule has 1 heterocycles. The summed E-state index contributed by atoms with van der Waals surface area (Å²) in [5, 5.41) is 0. The second-order valence-corrected chi connectivity index (χ2v) is 5.45. The van der Waals surface area contributed by atoms with Crippen molar-refractivity contribution in [2.45, 2.75) is 3.92 Å². The average Bonchev–Trinajstić information content (AvgIpc) is 2.71. The van der Waals surface area contributed by atoms with Crippen molar-refractivity contribution >= 4 is 0 Å². The van der Waals surface area contributed by atoms with Gasteiger partial charge in [-0.2, -0.15) is 0 Å². The molecule has 0 saturated carbocycles. The third-order valence-corrected chi connectivity index (χ3v) is 3.95. The fourth-order valence-corrected chi connectivity index (χ4v) is 2.57. The van der Waals surface area contributed by atoms with Crippen LogP contribution in [0.3, 0.4) is 0 Å². The van der Waals surface area contributed by atoms with Crippen LogP contribution in [0.2, 0.25) is 0 Å². The Labute approximate surface area is 65.5 Å². The standard InChI is InChI=1S/C8H8I/c1-2-4-7(5-3-1)8-6-9-8/h1-5,8H,6H2/q-1. The molecule has 0 amide bonds. The van der Waals surface area contributed by atoms with Crippen molar-refractivity contribution in [3.8, 4) is 0 Å². The normalized spacial score (nSPS) is 24.7. The first-order valence-electron chi connectivity index (χ1n) is 3.09. The first-order valence-corrected chi connectivity index (χ1v) is 5.86. The Morgan fingerprint density at radius 1 is 1.22 bits per heavy atom. The summed E-state index contributed by atoms with van der Waals surface area (Å²) in [5.41, 5.74) is 1.57. The summed E-state index contributed by atoms with van der Waals surface area (Å²) in [6, 6.07) is 10.9. The van der Waals surface area contributed by atoms with Crippen molar-refractivity contribution in [3.05, 3.63) is 35.9 Å². The van der Waals surface area contributed by atoms with E-state index in [9.17, 15) is 0 Å². The van der Waals surface area contributed by atoms with Crippen LogP contribution in [0, 0.1) is 0 Å². The Kier molecular flexibility index (Phi) is 1.45. The molecule has 2 rings (SSSR count). The van der Waals surface area contributed by atoms with Crippen molar-refractivity contribution in [2.24, 2.45) is 0 Å². The molecule has 1 unspecified atom stereocenters. The second kappa shape index (κ2) is 2.29. The summed E-state index contributed by atoms with van der Waals surface area (Å²) >= 11 is 0.595. The van der Waals surface area contributed by atoms with Gasteiger partial charge in [-0.25, -0.2) is 0 Å². The van der Waals surface area contributed by atoms with Crippen molar-refractivity contribution in [2.75, 3.05) is 4.43 Å². The fraction of sp³-hybridized carbons (Fsp3) is 0.250. The Hall–Kier alpha value is -0.0500. The molecule has 0 bridgehead atoms. The van der Waals surface area contributed by atoms with E-state index in [0.717, 1.165) is 3.92 Å². The van der Waals surface area contributed by atoms with E-state index in [1.54, 1.807) is 5.56 Å². The molecule has 1 aliphatic rings. The molecular weight excluding hydrogens is 223 g/mol. The third-order valence-electron chi connectivity index (χ3n) is 1.47. The van der Waals surface area contributed by atoms with Gasteiger partial charge >= 0.3 is 65.5 Å². The summed E-state index contributed by atoms with van der Waals surface area (Å²) in [4.78, 5) is 0. The molecule has 0 radical (unpaired) electrons. The van der Waals surface area contributed by atoms with E-state index in [2.05, 4.69) is 30.3 Å². The molecule has 1 aromatic rings. The van der Waals surface area contributed by atoms with Crippen LogP contribution in [0.5, 0.6) is 0 Å². The van der Waals surface area contributed by atoms with Crippen LogP contribution in [0.25, 0.3) is 0 Å². The molecule has 0 aliphatic carbocycles. The number of hydrogen-bond donors (Lipinski definition) is 0. The minimum atomic E-state index is 0.595. The minimum absolute atomic E-state index is 0.595. The topological polar surface area (TPSA) is 0 Å². The Bertz CT molecular complexity index is 189. The van der Waals surface area contributed by atoms with Crippen LogP contribution in [-0.4, -0.2) is 4.43 Å². The maximum atomic E-state index is 2.25. The zero-order chi connectivity index (χ0) is 6.10. The Morgan fingerprint density at radius 2 is 1.89 bits per heavy atom. The average molecular weight is 231 g/mol. The van der Waals surface area contributed by atoms with Gasteiger partial charge in [-0.3, -0.25) is 0 Å². The Morgan fingerprint density at radius 3 is 2.44 bits per heavy atom. The van der Waals surface area contributed by atoms with Gasteiger partial charge in [0.05, 0.1) is 0 Å². The van der Waals surface area contributed by atoms with Crippen molar-refractivity contribution in [3.63, 3.8) is 0 Å². The number of benzene rings is 1. The third kappa shape index (κ3) is 1.26. The van der Waals surface area contributed by atoms with Crippen molar-refractivity contribution < 1.29 is 21.2 Å². The predicted molar refractivity (Wildman–Crippen MR) is 34.0 cm³/mol. The zero-order valence-electron chi connectivity index (χ0n) is 5.05. The molecule has 1 aromatic carbocycles. The summed E-state index contributed by atoms with van der Waals surface area (Å²) in [6.45, 7) is 0. The molecule has 48 valence electrons. The fourth-order valence-electron chi connectivity index (χ4n) is 0.885. The molecule has 0 spiro atoms. The van der Waals surface area contributed by atoms with Gasteiger partial charge in [0, 0.05) is 0 Å². The molecule has 0 N–H and O–H groups in total.